The Bertz CT molecular complexity index is 1160. The van der Waals surface area contributed by atoms with Gasteiger partial charge in [0, 0.05) is 11.1 Å². The van der Waals surface area contributed by atoms with Crippen LogP contribution in [0.1, 0.15) is 22.3 Å². The molecule has 1 aliphatic heterocycles. The molecular weight excluding hydrogens is 378 g/mol. The molecule has 2 aromatic carbocycles. The number of carbonyl (C=O) groups is 1. The Morgan fingerprint density at radius 1 is 1.19 bits per heavy atom. The Morgan fingerprint density at radius 2 is 1.89 bits per heavy atom. The van der Waals surface area contributed by atoms with E-state index < -0.39 is 32.5 Å². The molecule has 6 nitrogen and oxygen atoms in total. The lowest BCUT2D eigenvalue weighted by molar-refractivity contribution is -0.133. The highest BCUT2D eigenvalue weighted by Gasteiger charge is 2.30. The summed E-state index contributed by atoms with van der Waals surface area (Å²) >= 11 is 0. The average Bonchev–Trinajstić information content (AvgIpc) is 2.97. The third kappa shape index (κ3) is 3.32. The molecule has 2 N–H and O–H groups in total. The van der Waals surface area contributed by atoms with Crippen molar-refractivity contribution in [3.05, 3.63) is 64.2 Å². The van der Waals surface area contributed by atoms with E-state index in [-0.39, 0.29) is 23.3 Å². The molecule has 9 heteroatoms. The number of nitriles is 1. The number of primary sulfonamides is 1. The van der Waals surface area contributed by atoms with Gasteiger partial charge in [-0.3, -0.25) is 0 Å². The lowest BCUT2D eigenvalue weighted by Crippen LogP contribution is -2.15. The number of nitrogens with two attached hydrogens (primary N) is 1. The monoisotopic (exact) mass is 390 g/mol. The maximum atomic E-state index is 14.5. The number of nitrogens with zero attached hydrogens (tertiary/aromatic N) is 1. The maximum Gasteiger partial charge on any atom is 0.339 e. The zero-order valence-electron chi connectivity index (χ0n) is 13.9. The van der Waals surface area contributed by atoms with E-state index in [1.807, 2.05) is 6.07 Å². The number of halogens is 2. The number of benzene rings is 2. The zero-order chi connectivity index (χ0) is 19.9. The molecule has 0 unspecified atom stereocenters. The van der Waals surface area contributed by atoms with Crippen LogP contribution in [0.3, 0.4) is 0 Å². The number of rotatable bonds is 3. The van der Waals surface area contributed by atoms with Gasteiger partial charge in [-0.15, -0.1) is 0 Å². The van der Waals surface area contributed by atoms with Gasteiger partial charge in [0.25, 0.3) is 0 Å². The van der Waals surface area contributed by atoms with Crippen LogP contribution in [0.15, 0.2) is 35.2 Å². The molecule has 0 spiro atoms. The molecule has 0 amide bonds. The number of cyclic esters (lactones) is 1. The van der Waals surface area contributed by atoms with Gasteiger partial charge < -0.3 is 4.74 Å². The molecule has 27 heavy (non-hydrogen) atoms. The van der Waals surface area contributed by atoms with E-state index in [4.69, 9.17) is 15.1 Å². The standard InChI is InChI=1S/C18H12F2N2O4S/c1-9-4-10(2-3-11(9)7-21)17-13(8-26-18(17)23)12-5-15(20)16(6-14(12)19)27(22,24)25/h2-6H,8H2,1H3,(H2,22,24,25). The zero-order valence-corrected chi connectivity index (χ0v) is 14.7. The summed E-state index contributed by atoms with van der Waals surface area (Å²) < 4.78 is 56.3. The Kier molecular flexibility index (Phi) is 4.55. The van der Waals surface area contributed by atoms with Gasteiger partial charge in [0.2, 0.25) is 10.0 Å². The molecule has 0 aliphatic carbocycles. The summed E-state index contributed by atoms with van der Waals surface area (Å²) in [6.07, 6.45) is 0. The highest BCUT2D eigenvalue weighted by atomic mass is 32.2. The first-order valence-corrected chi connectivity index (χ1v) is 9.11. The van der Waals surface area contributed by atoms with Gasteiger partial charge in [0.1, 0.15) is 23.1 Å². The molecular formula is C18H12F2N2O4S. The van der Waals surface area contributed by atoms with Gasteiger partial charge in [-0.1, -0.05) is 6.07 Å². The van der Waals surface area contributed by atoms with Crippen LogP contribution in [0, 0.1) is 29.9 Å². The summed E-state index contributed by atoms with van der Waals surface area (Å²) in [4.78, 5) is 11.2. The van der Waals surface area contributed by atoms with E-state index in [0.717, 1.165) is 0 Å². The van der Waals surface area contributed by atoms with Crippen molar-refractivity contribution in [3.63, 3.8) is 0 Å². The molecule has 2 aromatic rings. The number of sulfonamides is 1. The fraction of sp³-hybridized carbons (Fsp3) is 0.111. The molecule has 0 saturated carbocycles. The van der Waals surface area contributed by atoms with Crippen molar-refractivity contribution in [2.45, 2.75) is 11.8 Å². The van der Waals surface area contributed by atoms with Crippen LogP contribution in [0.4, 0.5) is 8.78 Å². The van der Waals surface area contributed by atoms with Gasteiger partial charge in [0.05, 0.1) is 17.2 Å². The highest BCUT2D eigenvalue weighted by Crippen LogP contribution is 2.35. The molecule has 0 aromatic heterocycles. The summed E-state index contributed by atoms with van der Waals surface area (Å²) in [6.45, 7) is 1.36. The number of ether oxygens (including phenoxy) is 1. The SMILES string of the molecule is Cc1cc(C2=C(c3cc(F)c(S(N)(=O)=O)cc3F)COC2=O)ccc1C#N. The number of hydrogen-bond donors (Lipinski definition) is 1. The minimum atomic E-state index is -4.45. The fourth-order valence-electron chi connectivity index (χ4n) is 2.83. The summed E-state index contributed by atoms with van der Waals surface area (Å²) in [6, 6.07) is 7.70. The molecule has 0 radical (unpaired) electrons. The molecule has 0 atom stereocenters. The van der Waals surface area contributed by atoms with Crippen molar-refractivity contribution in [3.8, 4) is 6.07 Å². The molecule has 138 valence electrons. The Labute approximate surface area is 153 Å². The van der Waals surface area contributed by atoms with E-state index >= 15 is 0 Å². The Balaban J connectivity index is 2.23. The fourth-order valence-corrected chi connectivity index (χ4v) is 3.43. The van der Waals surface area contributed by atoms with Gasteiger partial charge in [0.15, 0.2) is 0 Å². The van der Waals surface area contributed by atoms with Crippen LogP contribution < -0.4 is 5.14 Å². The summed E-state index contributed by atoms with van der Waals surface area (Å²) in [5, 5.41) is 13.9. The van der Waals surface area contributed by atoms with Crippen LogP contribution in [-0.2, 0) is 19.6 Å². The van der Waals surface area contributed by atoms with Crippen LogP contribution in [0.2, 0.25) is 0 Å². The minimum Gasteiger partial charge on any atom is -0.457 e. The van der Waals surface area contributed by atoms with Gasteiger partial charge >= 0.3 is 5.97 Å². The second-order valence-corrected chi connectivity index (χ2v) is 7.41. The Morgan fingerprint density at radius 3 is 2.48 bits per heavy atom. The van der Waals surface area contributed by atoms with Crippen molar-refractivity contribution in [2.24, 2.45) is 5.14 Å². The summed E-state index contributed by atoms with van der Waals surface area (Å²) in [7, 11) is -4.45. The first-order chi connectivity index (χ1) is 12.6. The molecule has 0 bridgehead atoms. The molecule has 0 saturated heterocycles. The summed E-state index contributed by atoms with van der Waals surface area (Å²) in [5.74, 6) is -3.03. The molecule has 1 heterocycles. The predicted molar refractivity (Wildman–Crippen MR) is 91.4 cm³/mol. The van der Waals surface area contributed by atoms with Crippen molar-refractivity contribution in [1.82, 2.24) is 0 Å². The molecule has 1 aliphatic rings. The normalized spacial score (nSPS) is 14.3. The number of esters is 1. The first kappa shape index (κ1) is 18.7. The second kappa shape index (κ2) is 6.57. The topological polar surface area (TPSA) is 110 Å². The van der Waals surface area contributed by atoms with E-state index in [1.54, 1.807) is 13.0 Å². The predicted octanol–water partition coefficient (Wildman–Crippen LogP) is 2.26. The summed E-state index contributed by atoms with van der Waals surface area (Å²) in [5.41, 5.74) is 1.16. The van der Waals surface area contributed by atoms with Crippen molar-refractivity contribution < 1.29 is 26.7 Å². The largest absolute Gasteiger partial charge is 0.457 e. The van der Waals surface area contributed by atoms with Gasteiger partial charge in [-0.2, -0.15) is 5.26 Å². The average molecular weight is 390 g/mol. The van der Waals surface area contributed by atoms with Crippen molar-refractivity contribution >= 4 is 27.1 Å². The quantitative estimate of drug-likeness (QED) is 0.809. The van der Waals surface area contributed by atoms with Crippen molar-refractivity contribution in [1.29, 1.82) is 5.26 Å². The van der Waals surface area contributed by atoms with Crippen LogP contribution >= 0.6 is 0 Å². The Hall–Kier alpha value is -3.09. The first-order valence-electron chi connectivity index (χ1n) is 7.57. The van der Waals surface area contributed by atoms with Crippen LogP contribution in [-0.4, -0.2) is 21.0 Å². The van der Waals surface area contributed by atoms with Crippen LogP contribution in [0.25, 0.3) is 11.1 Å². The number of aryl methyl sites for hydroxylation is 1. The highest BCUT2D eigenvalue weighted by molar-refractivity contribution is 7.89. The number of carbonyl (C=O) groups excluding carboxylic acids is 1. The lowest BCUT2D eigenvalue weighted by Gasteiger charge is -2.09. The van der Waals surface area contributed by atoms with Gasteiger partial charge in [-0.05, 0) is 42.3 Å². The van der Waals surface area contributed by atoms with Crippen LogP contribution in [0.5, 0.6) is 0 Å². The molecule has 3 rings (SSSR count). The van der Waals surface area contributed by atoms with Gasteiger partial charge in [-0.25, -0.2) is 27.1 Å². The third-order valence-electron chi connectivity index (χ3n) is 4.14. The van der Waals surface area contributed by atoms with E-state index in [0.29, 0.717) is 28.8 Å². The second-order valence-electron chi connectivity index (χ2n) is 5.88. The molecule has 0 fully saturated rings. The minimum absolute atomic E-state index is 0.0178. The number of hydrogen-bond acceptors (Lipinski definition) is 5. The maximum absolute atomic E-state index is 14.5. The lowest BCUT2D eigenvalue weighted by atomic mass is 9.94. The van der Waals surface area contributed by atoms with E-state index in [2.05, 4.69) is 0 Å². The van der Waals surface area contributed by atoms with E-state index in [1.165, 1.54) is 12.1 Å². The van der Waals surface area contributed by atoms with Crippen molar-refractivity contribution in [2.75, 3.05) is 6.61 Å². The smallest absolute Gasteiger partial charge is 0.339 e. The van der Waals surface area contributed by atoms with E-state index in [9.17, 15) is 22.0 Å². The third-order valence-corrected chi connectivity index (χ3v) is 5.07.